The first-order chi connectivity index (χ1) is 6.92. The molecule has 0 aromatic heterocycles. The van der Waals surface area contributed by atoms with E-state index in [0.29, 0.717) is 0 Å². The van der Waals surface area contributed by atoms with Crippen molar-refractivity contribution in [3.05, 3.63) is 39.4 Å². The second-order valence-electron chi connectivity index (χ2n) is 5.16. The van der Waals surface area contributed by atoms with E-state index in [-0.39, 0.29) is 5.41 Å². The molecule has 15 heavy (non-hydrogen) atoms. The van der Waals surface area contributed by atoms with Gasteiger partial charge in [0.25, 0.3) is 0 Å². The van der Waals surface area contributed by atoms with Crippen LogP contribution in [0.3, 0.4) is 0 Å². The van der Waals surface area contributed by atoms with Gasteiger partial charge in [0.05, 0.1) is 0 Å². The van der Waals surface area contributed by atoms with Gasteiger partial charge in [0.15, 0.2) is 0 Å². The average Bonchev–Trinajstić information content (AvgIpc) is 2.13. The monoisotopic (exact) mass is 264 g/mol. The second-order valence-corrected chi connectivity index (χ2v) is 6.07. The summed E-state index contributed by atoms with van der Waals surface area (Å²) in [6.45, 7) is 9.14. The van der Waals surface area contributed by atoms with Crippen molar-refractivity contribution < 1.29 is 0 Å². The molecular formula is C14H17Br. The molecule has 1 aliphatic carbocycles. The van der Waals surface area contributed by atoms with E-state index in [2.05, 4.69) is 61.8 Å². The Hall–Kier alpha value is -0.560. The summed E-state index contributed by atoms with van der Waals surface area (Å²) < 4.78 is 1.17. The summed E-state index contributed by atoms with van der Waals surface area (Å²) in [6.07, 6.45) is 1.17. The normalized spacial score (nSPS) is 19.0. The number of hydrogen-bond donors (Lipinski definition) is 0. The van der Waals surface area contributed by atoms with Crippen LogP contribution < -0.4 is 0 Å². The fourth-order valence-corrected chi connectivity index (χ4v) is 2.90. The van der Waals surface area contributed by atoms with Crippen LogP contribution in [-0.2, 0) is 5.41 Å². The van der Waals surface area contributed by atoms with Crippen molar-refractivity contribution in [1.29, 1.82) is 0 Å². The summed E-state index contributed by atoms with van der Waals surface area (Å²) >= 11 is 3.55. The van der Waals surface area contributed by atoms with Crippen LogP contribution in [0.5, 0.6) is 0 Å². The van der Waals surface area contributed by atoms with Gasteiger partial charge >= 0.3 is 0 Å². The largest absolute Gasteiger partial charge is 0.0689 e. The van der Waals surface area contributed by atoms with Gasteiger partial charge < -0.3 is 0 Å². The number of benzene rings is 1. The lowest BCUT2D eigenvalue weighted by atomic mass is 9.71. The van der Waals surface area contributed by atoms with Crippen molar-refractivity contribution in [3.63, 3.8) is 0 Å². The number of allylic oxidation sites excluding steroid dienone is 2. The molecule has 80 valence electrons. The van der Waals surface area contributed by atoms with Crippen LogP contribution in [0, 0.1) is 0 Å². The van der Waals surface area contributed by atoms with Gasteiger partial charge in [-0.05, 0) is 54.5 Å². The zero-order valence-electron chi connectivity index (χ0n) is 9.82. The SMILES string of the molecule is CC1=C(C)c2cc(Br)ccc2C(C)(C)C1. The molecule has 1 aromatic carbocycles. The highest BCUT2D eigenvalue weighted by molar-refractivity contribution is 9.10. The third-order valence-electron chi connectivity index (χ3n) is 3.46. The van der Waals surface area contributed by atoms with Crippen molar-refractivity contribution in [1.82, 2.24) is 0 Å². The van der Waals surface area contributed by atoms with Crippen LogP contribution in [0.4, 0.5) is 0 Å². The lowest BCUT2D eigenvalue weighted by Crippen LogP contribution is -2.23. The molecule has 0 heterocycles. The Morgan fingerprint density at radius 3 is 2.53 bits per heavy atom. The highest BCUT2D eigenvalue weighted by atomic mass is 79.9. The van der Waals surface area contributed by atoms with Gasteiger partial charge in [0.1, 0.15) is 0 Å². The van der Waals surface area contributed by atoms with Gasteiger partial charge in [-0.1, -0.05) is 41.4 Å². The minimum absolute atomic E-state index is 0.277. The van der Waals surface area contributed by atoms with Crippen molar-refractivity contribution >= 4 is 21.5 Å². The molecule has 0 amide bonds. The number of fused-ring (bicyclic) bond motifs is 1. The standard InChI is InChI=1S/C14H17Br/c1-9-8-14(3,4)13-6-5-11(15)7-12(13)10(9)2/h5-7H,8H2,1-4H3. The zero-order valence-corrected chi connectivity index (χ0v) is 11.4. The molecule has 0 atom stereocenters. The molecule has 1 aromatic rings. The van der Waals surface area contributed by atoms with Crippen LogP contribution in [-0.4, -0.2) is 0 Å². The van der Waals surface area contributed by atoms with E-state index in [1.807, 2.05) is 0 Å². The highest BCUT2D eigenvalue weighted by Gasteiger charge is 2.29. The Bertz CT molecular complexity index is 439. The van der Waals surface area contributed by atoms with Gasteiger partial charge in [-0.25, -0.2) is 0 Å². The molecule has 1 heteroatoms. The molecule has 0 aliphatic heterocycles. The first-order valence-corrected chi connectivity index (χ1v) is 6.18. The predicted molar refractivity (Wildman–Crippen MR) is 70.1 cm³/mol. The van der Waals surface area contributed by atoms with Gasteiger partial charge in [0, 0.05) is 4.47 Å². The predicted octanol–water partition coefficient (Wildman–Crippen LogP) is 4.92. The van der Waals surface area contributed by atoms with Crippen molar-refractivity contribution in [2.75, 3.05) is 0 Å². The van der Waals surface area contributed by atoms with Crippen LogP contribution >= 0.6 is 15.9 Å². The van der Waals surface area contributed by atoms with E-state index in [1.54, 1.807) is 0 Å². The minimum Gasteiger partial charge on any atom is -0.0689 e. The minimum atomic E-state index is 0.277. The number of hydrogen-bond acceptors (Lipinski definition) is 0. The molecule has 0 saturated heterocycles. The topological polar surface area (TPSA) is 0 Å². The Labute approximate surface area is 101 Å². The number of halogens is 1. The van der Waals surface area contributed by atoms with E-state index in [0.717, 1.165) is 0 Å². The first-order valence-electron chi connectivity index (χ1n) is 5.38. The van der Waals surface area contributed by atoms with Crippen molar-refractivity contribution in [3.8, 4) is 0 Å². The fourth-order valence-electron chi connectivity index (χ4n) is 2.54. The second kappa shape index (κ2) is 3.48. The van der Waals surface area contributed by atoms with Gasteiger partial charge in [-0.3, -0.25) is 0 Å². The number of rotatable bonds is 0. The van der Waals surface area contributed by atoms with Crippen molar-refractivity contribution in [2.45, 2.75) is 39.5 Å². The van der Waals surface area contributed by atoms with E-state index in [9.17, 15) is 0 Å². The third kappa shape index (κ3) is 1.78. The van der Waals surface area contributed by atoms with Gasteiger partial charge in [-0.15, -0.1) is 0 Å². The van der Waals surface area contributed by atoms with E-state index in [1.165, 1.54) is 33.2 Å². The van der Waals surface area contributed by atoms with E-state index in [4.69, 9.17) is 0 Å². The third-order valence-corrected chi connectivity index (χ3v) is 3.96. The summed E-state index contributed by atoms with van der Waals surface area (Å²) in [5.74, 6) is 0. The fraction of sp³-hybridized carbons (Fsp3) is 0.429. The van der Waals surface area contributed by atoms with Gasteiger partial charge in [0.2, 0.25) is 0 Å². The van der Waals surface area contributed by atoms with E-state index < -0.39 is 0 Å². The molecule has 0 saturated carbocycles. The lowest BCUT2D eigenvalue weighted by molar-refractivity contribution is 0.511. The summed E-state index contributed by atoms with van der Waals surface area (Å²) in [7, 11) is 0. The smallest absolute Gasteiger partial charge is 0.0181 e. The van der Waals surface area contributed by atoms with Crippen molar-refractivity contribution in [2.24, 2.45) is 0 Å². The Kier molecular flexibility index (Phi) is 2.54. The zero-order chi connectivity index (χ0) is 11.2. The molecule has 0 radical (unpaired) electrons. The Morgan fingerprint density at radius 2 is 1.87 bits per heavy atom. The summed E-state index contributed by atoms with van der Waals surface area (Å²) in [5.41, 5.74) is 6.14. The lowest BCUT2D eigenvalue weighted by Gasteiger charge is -2.34. The summed E-state index contributed by atoms with van der Waals surface area (Å²) in [5, 5.41) is 0. The van der Waals surface area contributed by atoms with E-state index >= 15 is 0 Å². The maximum Gasteiger partial charge on any atom is 0.0181 e. The molecule has 0 fully saturated rings. The summed E-state index contributed by atoms with van der Waals surface area (Å²) in [6, 6.07) is 6.65. The molecule has 2 rings (SSSR count). The van der Waals surface area contributed by atoms with Crippen LogP contribution in [0.1, 0.15) is 45.2 Å². The molecule has 1 aliphatic rings. The molecular weight excluding hydrogens is 248 g/mol. The quantitative estimate of drug-likeness (QED) is 0.624. The maximum atomic E-state index is 3.55. The highest BCUT2D eigenvalue weighted by Crippen LogP contribution is 2.42. The van der Waals surface area contributed by atoms with Crippen LogP contribution in [0.15, 0.2) is 28.2 Å². The average molecular weight is 265 g/mol. The maximum absolute atomic E-state index is 3.55. The van der Waals surface area contributed by atoms with Gasteiger partial charge in [-0.2, -0.15) is 0 Å². The molecule has 0 nitrogen and oxygen atoms in total. The van der Waals surface area contributed by atoms with Crippen LogP contribution in [0.2, 0.25) is 0 Å². The molecule has 0 bridgehead atoms. The summed E-state index contributed by atoms with van der Waals surface area (Å²) in [4.78, 5) is 0. The Balaban J connectivity index is 2.71. The Morgan fingerprint density at radius 1 is 1.20 bits per heavy atom. The molecule has 0 N–H and O–H groups in total. The molecule has 0 spiro atoms. The first kappa shape index (κ1) is 10.9. The van der Waals surface area contributed by atoms with Crippen LogP contribution in [0.25, 0.3) is 5.57 Å². The molecule has 0 unspecified atom stereocenters.